The van der Waals surface area contributed by atoms with E-state index in [4.69, 9.17) is 39.1 Å². The Morgan fingerprint density at radius 2 is 1.31 bits per heavy atom. The van der Waals surface area contributed by atoms with Crippen molar-refractivity contribution in [3.63, 3.8) is 0 Å². The average molecular weight is 399 g/mol. The quantitative estimate of drug-likeness (QED) is 0.712. The fourth-order valence-electron chi connectivity index (χ4n) is 2.19. The minimum atomic E-state index is -1.08. The third-order valence-corrected chi connectivity index (χ3v) is 4.14. The first-order valence-corrected chi connectivity index (χ1v) is 8.28. The SMILES string of the molecule is CN(C)[C@@H](C(=O)O)c1ccccc1Cl.N[C@@H](C(=O)O)c1ccccc1Cl. The molecule has 0 unspecified atom stereocenters. The number of hydrogen-bond acceptors (Lipinski definition) is 4. The molecule has 0 spiro atoms. The Kier molecular flexibility index (Phi) is 8.54. The molecular formula is C18H20Cl2N2O4. The molecule has 0 saturated carbocycles. The molecule has 0 aromatic heterocycles. The lowest BCUT2D eigenvalue weighted by Gasteiger charge is -2.21. The number of nitrogens with zero attached hydrogens (tertiary/aromatic N) is 1. The summed E-state index contributed by atoms with van der Waals surface area (Å²) in [6, 6.07) is 11.9. The number of carboxylic acids is 2. The summed E-state index contributed by atoms with van der Waals surface area (Å²) in [6.07, 6.45) is 0. The number of rotatable bonds is 5. The zero-order valence-corrected chi connectivity index (χ0v) is 15.8. The van der Waals surface area contributed by atoms with Crippen molar-refractivity contribution in [1.29, 1.82) is 0 Å². The number of carboxylic acid groups (broad SMARTS) is 2. The van der Waals surface area contributed by atoms with Gasteiger partial charge in [0, 0.05) is 10.0 Å². The maximum Gasteiger partial charge on any atom is 0.325 e. The largest absolute Gasteiger partial charge is 0.480 e. The summed E-state index contributed by atoms with van der Waals surface area (Å²) in [7, 11) is 3.42. The zero-order valence-electron chi connectivity index (χ0n) is 14.3. The van der Waals surface area contributed by atoms with Crippen LogP contribution in [0.3, 0.4) is 0 Å². The van der Waals surface area contributed by atoms with Gasteiger partial charge in [0.25, 0.3) is 0 Å². The van der Waals surface area contributed by atoms with Crippen molar-refractivity contribution in [2.45, 2.75) is 12.1 Å². The Morgan fingerprint density at radius 3 is 1.65 bits per heavy atom. The first-order valence-electron chi connectivity index (χ1n) is 7.53. The number of halogens is 2. The van der Waals surface area contributed by atoms with Crippen LogP contribution in [0.5, 0.6) is 0 Å². The Hall–Kier alpha value is -2.12. The van der Waals surface area contributed by atoms with E-state index in [0.29, 0.717) is 21.2 Å². The fraction of sp³-hybridized carbons (Fsp3) is 0.222. The normalized spacial score (nSPS) is 12.7. The predicted octanol–water partition coefficient (Wildman–Crippen LogP) is 3.45. The molecule has 0 bridgehead atoms. The van der Waals surface area contributed by atoms with Crippen LogP contribution in [0.15, 0.2) is 48.5 Å². The third kappa shape index (κ3) is 6.00. The highest BCUT2D eigenvalue weighted by atomic mass is 35.5. The molecule has 2 aromatic rings. The molecule has 0 fully saturated rings. The molecule has 0 amide bonds. The lowest BCUT2D eigenvalue weighted by atomic mass is 10.1. The summed E-state index contributed by atoms with van der Waals surface area (Å²) in [5, 5.41) is 18.5. The highest BCUT2D eigenvalue weighted by Gasteiger charge is 2.23. The van der Waals surface area contributed by atoms with E-state index >= 15 is 0 Å². The van der Waals surface area contributed by atoms with Crippen molar-refractivity contribution in [3.8, 4) is 0 Å². The van der Waals surface area contributed by atoms with Crippen molar-refractivity contribution in [2.75, 3.05) is 14.1 Å². The number of aliphatic carboxylic acids is 2. The number of likely N-dealkylation sites (N-methyl/N-ethyl adjacent to an activating group) is 1. The topological polar surface area (TPSA) is 104 Å². The van der Waals surface area contributed by atoms with E-state index in [0.717, 1.165) is 0 Å². The highest BCUT2D eigenvalue weighted by Crippen LogP contribution is 2.25. The van der Waals surface area contributed by atoms with Gasteiger partial charge in [-0.2, -0.15) is 0 Å². The molecule has 2 atom stereocenters. The molecule has 2 rings (SSSR count). The zero-order chi connectivity index (χ0) is 19.9. The number of benzene rings is 2. The summed E-state index contributed by atoms with van der Waals surface area (Å²) in [5.41, 5.74) is 6.41. The Balaban J connectivity index is 0.000000263. The molecule has 8 heteroatoms. The molecule has 0 saturated heterocycles. The van der Waals surface area contributed by atoms with Gasteiger partial charge in [0.2, 0.25) is 0 Å². The maximum absolute atomic E-state index is 11.0. The second-order valence-electron chi connectivity index (χ2n) is 5.56. The van der Waals surface area contributed by atoms with Crippen molar-refractivity contribution in [2.24, 2.45) is 5.73 Å². The molecule has 4 N–H and O–H groups in total. The van der Waals surface area contributed by atoms with Gasteiger partial charge in [0.05, 0.1) is 0 Å². The van der Waals surface area contributed by atoms with Gasteiger partial charge in [-0.25, -0.2) is 0 Å². The summed E-state index contributed by atoms with van der Waals surface area (Å²) < 4.78 is 0. The van der Waals surface area contributed by atoms with E-state index in [-0.39, 0.29) is 0 Å². The molecule has 2 aromatic carbocycles. The van der Waals surface area contributed by atoms with E-state index in [1.165, 1.54) is 0 Å². The lowest BCUT2D eigenvalue weighted by molar-refractivity contribution is -0.142. The summed E-state index contributed by atoms with van der Waals surface area (Å²) in [4.78, 5) is 23.1. The average Bonchev–Trinajstić information content (AvgIpc) is 2.56. The Bertz CT molecular complexity index is 768. The van der Waals surface area contributed by atoms with E-state index in [1.807, 2.05) is 0 Å². The summed E-state index contributed by atoms with van der Waals surface area (Å²) >= 11 is 11.6. The van der Waals surface area contributed by atoms with Crippen LogP contribution in [0.25, 0.3) is 0 Å². The second kappa shape index (κ2) is 10.1. The minimum Gasteiger partial charge on any atom is -0.480 e. The van der Waals surface area contributed by atoms with Gasteiger partial charge in [0.1, 0.15) is 12.1 Å². The smallest absolute Gasteiger partial charge is 0.325 e. The van der Waals surface area contributed by atoms with Gasteiger partial charge in [-0.3, -0.25) is 14.5 Å². The molecule has 0 heterocycles. The van der Waals surface area contributed by atoms with Crippen LogP contribution in [0, 0.1) is 0 Å². The molecule has 0 aliphatic heterocycles. The summed E-state index contributed by atoms with van der Waals surface area (Å²) in [6.45, 7) is 0. The van der Waals surface area contributed by atoms with Crippen LogP contribution in [0.1, 0.15) is 23.2 Å². The van der Waals surface area contributed by atoms with Crippen LogP contribution in [0.2, 0.25) is 10.0 Å². The van der Waals surface area contributed by atoms with Gasteiger partial charge < -0.3 is 15.9 Å². The highest BCUT2D eigenvalue weighted by molar-refractivity contribution is 6.32. The monoisotopic (exact) mass is 398 g/mol. The fourth-order valence-corrected chi connectivity index (χ4v) is 2.68. The predicted molar refractivity (Wildman–Crippen MR) is 102 cm³/mol. The van der Waals surface area contributed by atoms with Gasteiger partial charge in [-0.1, -0.05) is 59.6 Å². The first kappa shape index (κ1) is 21.9. The Labute approximate surface area is 161 Å². The van der Waals surface area contributed by atoms with Gasteiger partial charge in [-0.05, 0) is 37.4 Å². The first-order chi connectivity index (χ1) is 12.2. The van der Waals surface area contributed by atoms with Crippen LogP contribution < -0.4 is 5.73 Å². The summed E-state index contributed by atoms with van der Waals surface area (Å²) in [5.74, 6) is -1.98. The number of nitrogens with two attached hydrogens (primary N) is 1. The number of carbonyl (C=O) groups is 2. The second-order valence-corrected chi connectivity index (χ2v) is 6.38. The van der Waals surface area contributed by atoms with Gasteiger partial charge >= 0.3 is 11.9 Å². The van der Waals surface area contributed by atoms with Crippen LogP contribution in [-0.2, 0) is 9.59 Å². The molecule has 26 heavy (non-hydrogen) atoms. The van der Waals surface area contributed by atoms with E-state index in [2.05, 4.69) is 0 Å². The minimum absolute atomic E-state index is 0.382. The molecule has 0 aliphatic rings. The maximum atomic E-state index is 11.0. The van der Waals surface area contributed by atoms with Crippen LogP contribution in [-0.4, -0.2) is 41.1 Å². The third-order valence-electron chi connectivity index (χ3n) is 3.46. The van der Waals surface area contributed by atoms with E-state index in [1.54, 1.807) is 67.5 Å². The molecule has 0 aliphatic carbocycles. The molecule has 140 valence electrons. The molecule has 0 radical (unpaired) electrons. The van der Waals surface area contributed by atoms with Crippen molar-refractivity contribution < 1.29 is 19.8 Å². The van der Waals surface area contributed by atoms with Crippen molar-refractivity contribution in [3.05, 3.63) is 69.7 Å². The van der Waals surface area contributed by atoms with Gasteiger partial charge in [-0.15, -0.1) is 0 Å². The van der Waals surface area contributed by atoms with Gasteiger partial charge in [0.15, 0.2) is 0 Å². The van der Waals surface area contributed by atoms with Crippen molar-refractivity contribution >= 4 is 35.1 Å². The van der Waals surface area contributed by atoms with E-state index < -0.39 is 24.0 Å². The lowest BCUT2D eigenvalue weighted by Crippen LogP contribution is -2.27. The van der Waals surface area contributed by atoms with Crippen molar-refractivity contribution in [1.82, 2.24) is 4.90 Å². The van der Waals surface area contributed by atoms with E-state index in [9.17, 15) is 9.59 Å². The standard InChI is InChI=1S/C10H12ClNO2.C8H8ClNO2/c1-12(2)9(10(13)14)7-5-3-4-6-8(7)11;9-6-4-2-1-3-5(6)7(10)8(11)12/h3-6,9H,1-2H3,(H,13,14);1-4,7H,10H2,(H,11,12)/t9-;7-/m11/s1. The van der Waals surface area contributed by atoms with Crippen LogP contribution >= 0.6 is 23.2 Å². The molecule has 6 nitrogen and oxygen atoms in total. The molecular weight excluding hydrogens is 379 g/mol. The number of hydrogen-bond donors (Lipinski definition) is 3. The Morgan fingerprint density at radius 1 is 0.885 bits per heavy atom. The van der Waals surface area contributed by atoms with Crippen LogP contribution in [0.4, 0.5) is 0 Å².